The Morgan fingerprint density at radius 2 is 1.85 bits per heavy atom. The number of benzene rings is 1. The van der Waals surface area contributed by atoms with Crippen LogP contribution in [-0.4, -0.2) is 34.5 Å². The summed E-state index contributed by atoms with van der Waals surface area (Å²) in [6, 6.07) is 8.28. The first kappa shape index (κ1) is 14.5. The van der Waals surface area contributed by atoms with Gasteiger partial charge in [0, 0.05) is 6.04 Å². The molecule has 1 saturated carbocycles. The van der Waals surface area contributed by atoms with Gasteiger partial charge in [-0.3, -0.25) is 9.59 Å². The van der Waals surface area contributed by atoms with Gasteiger partial charge in [0.25, 0.3) is 0 Å². The second-order valence-corrected chi connectivity index (χ2v) is 5.19. The monoisotopic (exact) mass is 276 g/mol. The highest BCUT2D eigenvalue weighted by Gasteiger charge is 2.31. The zero-order chi connectivity index (χ0) is 14.5. The van der Waals surface area contributed by atoms with Crippen LogP contribution in [0.2, 0.25) is 0 Å². The topological polar surface area (TPSA) is 83.6 Å². The van der Waals surface area contributed by atoms with E-state index in [9.17, 15) is 9.59 Å². The Balaban J connectivity index is 2.15. The smallest absolute Gasteiger partial charge is 0.323 e. The normalized spacial score (nSPS) is 16.9. The van der Waals surface area contributed by atoms with Gasteiger partial charge in [0.1, 0.15) is 12.6 Å². The molecule has 0 radical (unpaired) electrons. The minimum absolute atomic E-state index is 0.00774. The average molecular weight is 276 g/mol. The number of hydrogen-bond donors (Lipinski definition) is 2. The van der Waals surface area contributed by atoms with E-state index in [4.69, 9.17) is 10.8 Å². The largest absolute Gasteiger partial charge is 0.480 e. The highest BCUT2D eigenvalue weighted by molar-refractivity contribution is 5.86. The molecule has 1 aliphatic rings. The van der Waals surface area contributed by atoms with Gasteiger partial charge in [-0.1, -0.05) is 43.2 Å². The fourth-order valence-corrected chi connectivity index (χ4v) is 2.73. The third-order valence-electron chi connectivity index (χ3n) is 3.78. The molecule has 0 spiro atoms. The maximum absolute atomic E-state index is 12.5. The molecule has 0 aliphatic heterocycles. The van der Waals surface area contributed by atoms with Crippen LogP contribution in [0.1, 0.15) is 37.3 Å². The van der Waals surface area contributed by atoms with Crippen molar-refractivity contribution in [2.75, 3.05) is 6.54 Å². The summed E-state index contributed by atoms with van der Waals surface area (Å²) in [7, 11) is 0. The quantitative estimate of drug-likeness (QED) is 0.854. The first-order valence-corrected chi connectivity index (χ1v) is 6.92. The molecule has 3 N–H and O–H groups in total. The summed E-state index contributed by atoms with van der Waals surface area (Å²) in [5.41, 5.74) is 6.71. The lowest BCUT2D eigenvalue weighted by atomic mass is 10.1. The Morgan fingerprint density at radius 3 is 2.40 bits per heavy atom. The van der Waals surface area contributed by atoms with Crippen molar-refractivity contribution in [3.05, 3.63) is 35.9 Å². The van der Waals surface area contributed by atoms with Gasteiger partial charge < -0.3 is 15.7 Å². The summed E-state index contributed by atoms with van der Waals surface area (Å²) >= 11 is 0. The van der Waals surface area contributed by atoms with Gasteiger partial charge in [0.15, 0.2) is 0 Å². The van der Waals surface area contributed by atoms with Crippen molar-refractivity contribution in [1.82, 2.24) is 4.90 Å². The van der Waals surface area contributed by atoms with Crippen molar-refractivity contribution in [2.45, 2.75) is 37.8 Å². The zero-order valence-corrected chi connectivity index (χ0v) is 11.4. The lowest BCUT2D eigenvalue weighted by Gasteiger charge is -2.30. The highest BCUT2D eigenvalue weighted by Crippen LogP contribution is 2.25. The van der Waals surface area contributed by atoms with Crippen molar-refractivity contribution in [2.24, 2.45) is 5.73 Å². The van der Waals surface area contributed by atoms with Crippen LogP contribution in [0.5, 0.6) is 0 Å². The summed E-state index contributed by atoms with van der Waals surface area (Å²) in [5.74, 6) is -1.30. The molecular formula is C15H20N2O3. The van der Waals surface area contributed by atoms with Crippen LogP contribution < -0.4 is 5.73 Å². The molecule has 1 aliphatic carbocycles. The summed E-state index contributed by atoms with van der Waals surface area (Å²) in [5, 5.41) is 9.01. The number of hydrogen-bond acceptors (Lipinski definition) is 3. The maximum Gasteiger partial charge on any atom is 0.323 e. The number of aliphatic carboxylic acids is 1. The van der Waals surface area contributed by atoms with Crippen molar-refractivity contribution < 1.29 is 14.7 Å². The van der Waals surface area contributed by atoms with Crippen LogP contribution in [-0.2, 0) is 9.59 Å². The molecule has 1 aromatic carbocycles. The molecule has 20 heavy (non-hydrogen) atoms. The van der Waals surface area contributed by atoms with E-state index in [1.54, 1.807) is 12.1 Å². The number of carbonyl (C=O) groups is 2. The van der Waals surface area contributed by atoms with Gasteiger partial charge in [-0.15, -0.1) is 0 Å². The van der Waals surface area contributed by atoms with Gasteiger partial charge in [-0.05, 0) is 18.4 Å². The number of carboxylic acids is 1. The summed E-state index contributed by atoms with van der Waals surface area (Å²) < 4.78 is 0. The average Bonchev–Trinajstić information content (AvgIpc) is 2.98. The predicted octanol–water partition coefficient (Wildman–Crippen LogP) is 1.54. The Labute approximate surface area is 118 Å². The van der Waals surface area contributed by atoms with E-state index in [1.165, 1.54) is 4.90 Å². The molecule has 0 unspecified atom stereocenters. The Hall–Kier alpha value is -1.88. The van der Waals surface area contributed by atoms with E-state index >= 15 is 0 Å². The minimum atomic E-state index is -0.995. The molecule has 2 rings (SSSR count). The second kappa shape index (κ2) is 6.52. The van der Waals surface area contributed by atoms with Crippen LogP contribution in [0.25, 0.3) is 0 Å². The molecule has 1 fully saturated rings. The van der Waals surface area contributed by atoms with Crippen LogP contribution in [0, 0.1) is 0 Å². The van der Waals surface area contributed by atoms with E-state index < -0.39 is 12.0 Å². The van der Waals surface area contributed by atoms with E-state index in [2.05, 4.69) is 0 Å². The molecule has 5 heteroatoms. The van der Waals surface area contributed by atoms with Crippen molar-refractivity contribution in [3.63, 3.8) is 0 Å². The molecule has 1 atom stereocenters. The van der Waals surface area contributed by atoms with Crippen LogP contribution >= 0.6 is 0 Å². The van der Waals surface area contributed by atoms with E-state index in [-0.39, 0.29) is 18.5 Å². The first-order valence-electron chi connectivity index (χ1n) is 6.92. The molecule has 0 heterocycles. The van der Waals surface area contributed by atoms with Crippen molar-refractivity contribution in [1.29, 1.82) is 0 Å². The molecular weight excluding hydrogens is 256 g/mol. The molecule has 1 amide bonds. The number of nitrogens with zero attached hydrogens (tertiary/aromatic N) is 1. The van der Waals surface area contributed by atoms with E-state index in [0.29, 0.717) is 5.56 Å². The minimum Gasteiger partial charge on any atom is -0.480 e. The van der Waals surface area contributed by atoms with Gasteiger partial charge in [-0.25, -0.2) is 0 Å². The van der Waals surface area contributed by atoms with Crippen LogP contribution in [0.15, 0.2) is 30.3 Å². The van der Waals surface area contributed by atoms with Gasteiger partial charge >= 0.3 is 5.97 Å². The molecule has 1 aromatic rings. The zero-order valence-electron chi connectivity index (χ0n) is 11.4. The lowest BCUT2D eigenvalue weighted by Crippen LogP contribution is -2.46. The van der Waals surface area contributed by atoms with Crippen LogP contribution in [0.3, 0.4) is 0 Å². The number of carbonyl (C=O) groups excluding carboxylic acids is 1. The molecule has 108 valence electrons. The Morgan fingerprint density at radius 1 is 1.25 bits per heavy atom. The number of nitrogens with two attached hydrogens (primary N) is 1. The lowest BCUT2D eigenvalue weighted by molar-refractivity contribution is -0.146. The predicted molar refractivity (Wildman–Crippen MR) is 75.0 cm³/mol. The Bertz CT molecular complexity index is 469. The fraction of sp³-hybridized carbons (Fsp3) is 0.467. The van der Waals surface area contributed by atoms with E-state index in [1.807, 2.05) is 18.2 Å². The number of rotatable bonds is 5. The molecule has 0 bridgehead atoms. The van der Waals surface area contributed by atoms with Crippen molar-refractivity contribution >= 4 is 11.9 Å². The molecule has 0 saturated heterocycles. The van der Waals surface area contributed by atoms with Crippen molar-refractivity contribution in [3.8, 4) is 0 Å². The molecule has 0 aromatic heterocycles. The summed E-state index contributed by atoms with van der Waals surface area (Å²) in [6.07, 6.45) is 3.80. The number of amides is 1. The summed E-state index contributed by atoms with van der Waals surface area (Å²) in [4.78, 5) is 24.9. The van der Waals surface area contributed by atoms with Crippen LogP contribution in [0.4, 0.5) is 0 Å². The van der Waals surface area contributed by atoms with E-state index in [0.717, 1.165) is 25.7 Å². The standard InChI is InChI=1S/C15H20N2O3/c16-14(11-6-2-1-3-7-11)15(20)17(10-13(18)19)12-8-4-5-9-12/h1-3,6-7,12,14H,4-5,8-10,16H2,(H,18,19)/t14-/m1/s1. The fourth-order valence-electron chi connectivity index (χ4n) is 2.73. The maximum atomic E-state index is 12.5. The van der Waals surface area contributed by atoms with Gasteiger partial charge in [0.05, 0.1) is 0 Å². The van der Waals surface area contributed by atoms with Gasteiger partial charge in [0.2, 0.25) is 5.91 Å². The SMILES string of the molecule is N[C@@H](C(=O)N(CC(=O)O)C1CCCC1)c1ccccc1. The Kier molecular flexibility index (Phi) is 4.74. The highest BCUT2D eigenvalue weighted by atomic mass is 16.4. The van der Waals surface area contributed by atoms with Gasteiger partial charge in [-0.2, -0.15) is 0 Å². The second-order valence-electron chi connectivity index (χ2n) is 5.19. The third kappa shape index (κ3) is 3.36. The third-order valence-corrected chi connectivity index (χ3v) is 3.78. The number of carboxylic acid groups (broad SMARTS) is 1. The summed E-state index contributed by atoms with van der Waals surface area (Å²) in [6.45, 7) is -0.274. The first-order chi connectivity index (χ1) is 9.59. The molecule has 5 nitrogen and oxygen atoms in total.